The summed E-state index contributed by atoms with van der Waals surface area (Å²) >= 11 is 0. The highest BCUT2D eigenvalue weighted by atomic mass is 19.4. The van der Waals surface area contributed by atoms with Gasteiger partial charge in [-0.15, -0.1) is 0 Å². The lowest BCUT2D eigenvalue weighted by Crippen LogP contribution is -2.28. The molecule has 1 aliphatic heterocycles. The Morgan fingerprint density at radius 1 is 0.860 bits per heavy atom. The van der Waals surface area contributed by atoms with Crippen LogP contribution in [0.25, 0.3) is 17.5 Å². The number of aryl methyl sites for hydroxylation is 1. The Kier molecular flexibility index (Phi) is 20.5. The molecule has 0 aliphatic carbocycles. The summed E-state index contributed by atoms with van der Waals surface area (Å²) in [6.07, 6.45) is 5.22. The van der Waals surface area contributed by atoms with Gasteiger partial charge < -0.3 is 33.3 Å². The molecule has 9 nitrogen and oxygen atoms in total. The van der Waals surface area contributed by atoms with E-state index in [0.29, 0.717) is 55.3 Å². The van der Waals surface area contributed by atoms with Gasteiger partial charge in [0.15, 0.2) is 0 Å². The summed E-state index contributed by atoms with van der Waals surface area (Å²) < 4.78 is 80.4. The smallest absolute Gasteiger partial charge is 0.419 e. The zero-order chi connectivity index (χ0) is 41.8. The third kappa shape index (κ3) is 15.3. The number of likely N-dealkylation sites (tertiary alicyclic amines) is 1. The molecule has 0 amide bonds. The van der Waals surface area contributed by atoms with Gasteiger partial charge in [-0.2, -0.15) is 13.2 Å². The standard InChI is InChI=1S/C41H57F4N5O4.C3H8/c1-7-48(8-2)21-13-24-51-25-18-32(52-26-23-50-19-11-12-20-50)29-38-31(5)46-40(47(38)6)35-16-14-34(30-39(35)53-27-22-49(9-3)10-4)54-33-15-17-37(42)36(28-33)41(43,44)45;1-3-2/h14-18,25,28-30H,7-13,19-24,26-27H2,1-6H3;3H2,1-2H3/b25-18+,32-29+;. The van der Waals surface area contributed by atoms with E-state index in [1.54, 1.807) is 24.5 Å². The fourth-order valence-electron chi connectivity index (χ4n) is 6.37. The summed E-state index contributed by atoms with van der Waals surface area (Å²) in [7, 11) is 1.91. The van der Waals surface area contributed by atoms with Crippen molar-refractivity contribution < 1.29 is 36.5 Å². The first-order valence-electron chi connectivity index (χ1n) is 20.5. The summed E-state index contributed by atoms with van der Waals surface area (Å²) in [5, 5.41) is 0. The van der Waals surface area contributed by atoms with Crippen LogP contribution in [0.1, 0.15) is 84.2 Å². The normalized spacial score (nSPS) is 13.8. The van der Waals surface area contributed by atoms with Crippen LogP contribution in [0.2, 0.25) is 0 Å². The van der Waals surface area contributed by atoms with E-state index in [1.807, 2.05) is 30.7 Å². The summed E-state index contributed by atoms with van der Waals surface area (Å²) in [6.45, 7) is 24.5. The molecule has 0 spiro atoms. The monoisotopic (exact) mass is 803 g/mol. The molecule has 0 radical (unpaired) electrons. The van der Waals surface area contributed by atoms with Crippen molar-refractivity contribution >= 4 is 6.08 Å². The molecule has 0 unspecified atom stereocenters. The molecule has 1 aromatic heterocycles. The van der Waals surface area contributed by atoms with Gasteiger partial charge in [0, 0.05) is 44.9 Å². The van der Waals surface area contributed by atoms with Crippen molar-refractivity contribution in [2.24, 2.45) is 7.05 Å². The van der Waals surface area contributed by atoms with Crippen molar-refractivity contribution in [2.45, 2.75) is 80.3 Å². The largest absolute Gasteiger partial charge is 0.501 e. The number of benzene rings is 2. The zero-order valence-electron chi connectivity index (χ0n) is 35.4. The second-order valence-electron chi connectivity index (χ2n) is 13.9. The third-order valence-electron chi connectivity index (χ3n) is 9.67. The molecule has 0 bridgehead atoms. The van der Waals surface area contributed by atoms with E-state index < -0.39 is 17.6 Å². The SMILES string of the molecule is CCC.CCN(CC)CCCO/C=C/C(=C\c1c(C)nc(-c2ccc(Oc3ccc(F)c(C(F)(F)F)c3)cc2OCCN(CC)CC)n1C)OCCN1CCCC1. The lowest BCUT2D eigenvalue weighted by atomic mass is 10.1. The highest BCUT2D eigenvalue weighted by molar-refractivity contribution is 5.69. The van der Waals surface area contributed by atoms with Crippen LogP contribution >= 0.6 is 0 Å². The molecule has 57 heavy (non-hydrogen) atoms. The van der Waals surface area contributed by atoms with Crippen LogP contribution in [0, 0.1) is 12.7 Å². The first-order valence-corrected chi connectivity index (χ1v) is 20.5. The van der Waals surface area contributed by atoms with Crippen molar-refractivity contribution in [1.82, 2.24) is 24.3 Å². The van der Waals surface area contributed by atoms with Gasteiger partial charge in [-0.3, -0.25) is 4.90 Å². The molecule has 3 aromatic rings. The maximum absolute atomic E-state index is 14.0. The van der Waals surface area contributed by atoms with E-state index in [0.717, 1.165) is 82.3 Å². The molecule has 1 saturated heterocycles. The highest BCUT2D eigenvalue weighted by Crippen LogP contribution is 2.38. The van der Waals surface area contributed by atoms with E-state index in [1.165, 1.54) is 19.3 Å². The third-order valence-corrected chi connectivity index (χ3v) is 9.67. The Hall–Kier alpha value is -4.07. The topological polar surface area (TPSA) is 64.5 Å². The number of nitrogens with zero attached hydrogens (tertiary/aromatic N) is 5. The second-order valence-corrected chi connectivity index (χ2v) is 13.9. The first kappa shape index (κ1) is 47.3. The van der Waals surface area contributed by atoms with Crippen molar-refractivity contribution in [3.8, 4) is 28.6 Å². The van der Waals surface area contributed by atoms with E-state index in [-0.39, 0.29) is 11.5 Å². The summed E-state index contributed by atoms with van der Waals surface area (Å²) in [4.78, 5) is 11.9. The Morgan fingerprint density at radius 3 is 2.14 bits per heavy atom. The number of rotatable bonds is 22. The van der Waals surface area contributed by atoms with E-state index >= 15 is 0 Å². The molecule has 2 heterocycles. The summed E-state index contributed by atoms with van der Waals surface area (Å²) in [5.41, 5.74) is 0.869. The lowest BCUT2D eigenvalue weighted by molar-refractivity contribution is -0.140. The average Bonchev–Trinajstić information content (AvgIpc) is 3.80. The molecule has 4 rings (SSSR count). The van der Waals surface area contributed by atoms with Gasteiger partial charge in [-0.1, -0.05) is 48.0 Å². The van der Waals surface area contributed by atoms with Gasteiger partial charge in [0.1, 0.15) is 47.9 Å². The molecular weight excluding hydrogens is 739 g/mol. The number of halogens is 4. The van der Waals surface area contributed by atoms with Crippen molar-refractivity contribution in [3.05, 3.63) is 77.3 Å². The number of hydrogen-bond acceptors (Lipinski definition) is 8. The van der Waals surface area contributed by atoms with E-state index in [4.69, 9.17) is 23.9 Å². The second kappa shape index (κ2) is 24.6. The fourth-order valence-corrected chi connectivity index (χ4v) is 6.37. The van der Waals surface area contributed by atoms with Gasteiger partial charge in [0.25, 0.3) is 0 Å². The maximum Gasteiger partial charge on any atom is 0.419 e. The van der Waals surface area contributed by atoms with Gasteiger partial charge in [-0.25, -0.2) is 9.37 Å². The molecule has 0 N–H and O–H groups in total. The van der Waals surface area contributed by atoms with Crippen LogP contribution in [0.4, 0.5) is 17.6 Å². The molecule has 318 valence electrons. The number of aromatic nitrogens is 2. The number of hydrogen-bond donors (Lipinski definition) is 0. The van der Waals surface area contributed by atoms with Crippen molar-refractivity contribution in [1.29, 1.82) is 0 Å². The summed E-state index contributed by atoms with van der Waals surface area (Å²) in [5.74, 6) is 0.434. The van der Waals surface area contributed by atoms with Crippen LogP contribution in [0.3, 0.4) is 0 Å². The molecule has 2 aromatic carbocycles. The Balaban J connectivity index is 0.00000281. The number of allylic oxidation sites excluding steroid dienone is 1. The number of imidazole rings is 1. The first-order chi connectivity index (χ1) is 27.4. The quantitative estimate of drug-likeness (QED) is 0.0431. The Morgan fingerprint density at radius 2 is 1.49 bits per heavy atom. The predicted octanol–water partition coefficient (Wildman–Crippen LogP) is 10.2. The van der Waals surface area contributed by atoms with Gasteiger partial charge in [-0.05, 0) is 95.8 Å². The van der Waals surface area contributed by atoms with Gasteiger partial charge >= 0.3 is 6.18 Å². The average molecular weight is 804 g/mol. The van der Waals surface area contributed by atoms with Gasteiger partial charge in [0.05, 0.1) is 35.4 Å². The fraction of sp³-hybridized carbons (Fsp3) is 0.568. The highest BCUT2D eigenvalue weighted by Gasteiger charge is 2.34. The minimum Gasteiger partial charge on any atom is -0.501 e. The number of ether oxygens (including phenoxy) is 4. The van der Waals surface area contributed by atoms with Crippen molar-refractivity contribution in [3.63, 3.8) is 0 Å². The van der Waals surface area contributed by atoms with Crippen molar-refractivity contribution in [2.75, 3.05) is 78.7 Å². The van der Waals surface area contributed by atoms with Crippen LogP contribution in [0.15, 0.2) is 54.5 Å². The van der Waals surface area contributed by atoms with Crippen LogP contribution in [-0.2, 0) is 22.7 Å². The molecule has 1 fully saturated rings. The molecule has 0 saturated carbocycles. The minimum absolute atomic E-state index is 0.149. The molecular formula is C44H65F4N5O4. The predicted molar refractivity (Wildman–Crippen MR) is 221 cm³/mol. The van der Waals surface area contributed by atoms with E-state index in [9.17, 15) is 17.6 Å². The maximum atomic E-state index is 14.0. The van der Waals surface area contributed by atoms with Crippen LogP contribution in [0.5, 0.6) is 17.2 Å². The van der Waals surface area contributed by atoms with Gasteiger partial charge in [0.2, 0.25) is 0 Å². The van der Waals surface area contributed by atoms with Crippen LogP contribution in [-0.4, -0.2) is 103 Å². The Bertz CT molecular complexity index is 1680. The Labute approximate surface area is 338 Å². The minimum atomic E-state index is -4.86. The molecule has 1 aliphatic rings. The zero-order valence-corrected chi connectivity index (χ0v) is 35.4. The number of alkyl halides is 3. The summed E-state index contributed by atoms with van der Waals surface area (Å²) in [6, 6.07) is 7.60. The molecule has 13 heteroatoms. The van der Waals surface area contributed by atoms with E-state index in [2.05, 4.69) is 56.2 Å². The van der Waals surface area contributed by atoms with Crippen LogP contribution < -0.4 is 9.47 Å². The number of likely N-dealkylation sites (N-methyl/N-ethyl adjacent to an activating group) is 1. The molecule has 0 atom stereocenters. The lowest BCUT2D eigenvalue weighted by Gasteiger charge is -2.19.